The molecule has 0 radical (unpaired) electrons. The van der Waals surface area contributed by atoms with Crippen LogP contribution in [0.5, 0.6) is 0 Å². The van der Waals surface area contributed by atoms with E-state index in [2.05, 4.69) is 22.9 Å². The first-order valence-electron chi connectivity index (χ1n) is 6.57. The molecule has 1 atom stereocenters. The summed E-state index contributed by atoms with van der Waals surface area (Å²) in [5.74, 6) is -1.74. The fraction of sp³-hybridized carbons (Fsp3) is 0.429. The summed E-state index contributed by atoms with van der Waals surface area (Å²) in [5, 5.41) is 23.0. The van der Waals surface area contributed by atoms with Crippen molar-refractivity contribution in [2.75, 3.05) is 5.75 Å². The second kappa shape index (κ2) is 7.26. The maximum atomic E-state index is 11.9. The number of thiol groups is 1. The van der Waals surface area contributed by atoms with Gasteiger partial charge in [0.1, 0.15) is 11.7 Å². The number of carboxylic acids is 1. The molecule has 1 aromatic heterocycles. The number of amides is 1. The number of pyridine rings is 1. The standard InChI is InChI=1S/C14H19N3O4S/c1-14(2,3)17(21)7-10-5-4-9(6-15-10)12(18)16-11(8-22)13(19)20/h4-7,11,22H,8H2,1-3H3,(H,16,18)(H,19,20)/b17-7+. The largest absolute Gasteiger partial charge is 0.623 e. The molecular formula is C14H19N3O4S. The summed E-state index contributed by atoms with van der Waals surface area (Å²) in [4.78, 5) is 26.7. The number of carbonyl (C=O) groups is 2. The zero-order valence-corrected chi connectivity index (χ0v) is 13.5. The summed E-state index contributed by atoms with van der Waals surface area (Å²) in [6.45, 7) is 5.30. The molecule has 0 saturated carbocycles. The molecule has 1 amide bonds. The van der Waals surface area contributed by atoms with Crippen molar-refractivity contribution >= 4 is 30.7 Å². The van der Waals surface area contributed by atoms with Crippen molar-refractivity contribution in [3.05, 3.63) is 34.8 Å². The van der Waals surface area contributed by atoms with Gasteiger partial charge in [-0.15, -0.1) is 0 Å². The van der Waals surface area contributed by atoms with Crippen molar-refractivity contribution in [1.82, 2.24) is 10.3 Å². The monoisotopic (exact) mass is 325 g/mol. The van der Waals surface area contributed by atoms with E-state index in [9.17, 15) is 14.8 Å². The Hall–Kier alpha value is -2.09. The third kappa shape index (κ3) is 5.03. The van der Waals surface area contributed by atoms with Crippen LogP contribution in [-0.2, 0) is 4.79 Å². The van der Waals surface area contributed by atoms with Crippen molar-refractivity contribution in [1.29, 1.82) is 0 Å². The molecule has 0 fully saturated rings. The molecule has 0 saturated heterocycles. The highest BCUT2D eigenvalue weighted by molar-refractivity contribution is 7.80. The van der Waals surface area contributed by atoms with E-state index in [1.807, 2.05) is 0 Å². The average molecular weight is 325 g/mol. The third-order valence-corrected chi connectivity index (χ3v) is 3.11. The fourth-order valence-electron chi connectivity index (χ4n) is 1.36. The minimum atomic E-state index is -1.16. The van der Waals surface area contributed by atoms with Crippen molar-refractivity contribution in [2.45, 2.75) is 32.4 Å². The molecule has 0 aliphatic heterocycles. The quantitative estimate of drug-likeness (QED) is 0.245. The van der Waals surface area contributed by atoms with Crippen LogP contribution in [0.1, 0.15) is 36.8 Å². The molecule has 0 aliphatic carbocycles. The number of rotatable bonds is 5. The number of hydrogen-bond donors (Lipinski definition) is 3. The number of nitrogens with zero attached hydrogens (tertiary/aromatic N) is 2. The average Bonchev–Trinajstić information content (AvgIpc) is 2.43. The van der Waals surface area contributed by atoms with Gasteiger partial charge in [0.2, 0.25) is 6.21 Å². The van der Waals surface area contributed by atoms with Crippen LogP contribution in [0.2, 0.25) is 0 Å². The number of aliphatic carboxylic acids is 1. The van der Waals surface area contributed by atoms with Gasteiger partial charge in [0, 0.05) is 32.7 Å². The molecule has 2 N–H and O–H groups in total. The lowest BCUT2D eigenvalue weighted by molar-refractivity contribution is -0.530. The zero-order valence-electron chi connectivity index (χ0n) is 12.6. The van der Waals surface area contributed by atoms with E-state index in [0.29, 0.717) is 5.69 Å². The maximum absolute atomic E-state index is 11.9. The molecule has 0 aromatic carbocycles. The Morgan fingerprint density at radius 3 is 2.55 bits per heavy atom. The molecule has 1 rings (SSSR count). The molecule has 8 heteroatoms. The lowest BCUT2D eigenvalue weighted by Crippen LogP contribution is -2.42. The van der Waals surface area contributed by atoms with Crippen LogP contribution in [0.4, 0.5) is 0 Å². The predicted molar refractivity (Wildman–Crippen MR) is 85.5 cm³/mol. The maximum Gasteiger partial charge on any atom is 0.327 e. The molecule has 7 nitrogen and oxygen atoms in total. The lowest BCUT2D eigenvalue weighted by atomic mass is 10.1. The molecular weight excluding hydrogens is 306 g/mol. The Labute approximate surface area is 134 Å². The first kappa shape index (κ1) is 18.0. The predicted octanol–water partition coefficient (Wildman–Crippen LogP) is 0.922. The van der Waals surface area contributed by atoms with Gasteiger partial charge >= 0.3 is 5.97 Å². The Morgan fingerprint density at radius 2 is 2.14 bits per heavy atom. The summed E-state index contributed by atoms with van der Waals surface area (Å²) >= 11 is 3.87. The summed E-state index contributed by atoms with van der Waals surface area (Å²) in [7, 11) is 0. The van der Waals surface area contributed by atoms with E-state index in [0.717, 1.165) is 4.74 Å². The van der Waals surface area contributed by atoms with Gasteiger partial charge in [0.15, 0.2) is 5.54 Å². The van der Waals surface area contributed by atoms with Crippen LogP contribution in [0.15, 0.2) is 18.3 Å². The van der Waals surface area contributed by atoms with E-state index in [-0.39, 0.29) is 11.3 Å². The van der Waals surface area contributed by atoms with E-state index in [1.165, 1.54) is 24.5 Å². The van der Waals surface area contributed by atoms with Gasteiger partial charge < -0.3 is 15.6 Å². The van der Waals surface area contributed by atoms with Crippen molar-refractivity contribution in [3.8, 4) is 0 Å². The molecule has 1 aromatic rings. The van der Waals surface area contributed by atoms with Crippen LogP contribution in [0, 0.1) is 5.21 Å². The Balaban J connectivity index is 2.85. The summed E-state index contributed by atoms with van der Waals surface area (Å²) in [5.41, 5.74) is 0.0304. The Kier molecular flexibility index (Phi) is 5.92. The first-order valence-corrected chi connectivity index (χ1v) is 7.20. The van der Waals surface area contributed by atoms with E-state index >= 15 is 0 Å². The molecule has 120 valence electrons. The first-order chi connectivity index (χ1) is 10.1. The number of aromatic nitrogens is 1. The number of nitrogens with one attached hydrogen (secondary N) is 1. The molecule has 22 heavy (non-hydrogen) atoms. The van der Waals surface area contributed by atoms with Gasteiger partial charge in [-0.05, 0) is 12.1 Å². The second-order valence-electron chi connectivity index (χ2n) is 5.64. The summed E-state index contributed by atoms with van der Waals surface area (Å²) < 4.78 is 0.774. The SMILES string of the molecule is CC(C)(C)/[N+]([O-])=C\c1ccc(C(=O)NC(CS)C(=O)O)cn1. The number of carboxylic acid groups (broad SMARTS) is 1. The molecule has 1 heterocycles. The lowest BCUT2D eigenvalue weighted by Gasteiger charge is -2.18. The van der Waals surface area contributed by atoms with Crippen molar-refractivity contribution < 1.29 is 19.4 Å². The highest BCUT2D eigenvalue weighted by Gasteiger charge is 2.20. The normalized spacial score (nSPS) is 13.5. The number of hydrogen-bond acceptors (Lipinski definition) is 5. The Morgan fingerprint density at radius 1 is 1.50 bits per heavy atom. The van der Waals surface area contributed by atoms with Gasteiger partial charge in [-0.2, -0.15) is 12.6 Å². The number of carbonyl (C=O) groups excluding carboxylic acids is 1. The highest BCUT2D eigenvalue weighted by Crippen LogP contribution is 2.06. The van der Waals surface area contributed by atoms with Gasteiger partial charge in [-0.1, -0.05) is 0 Å². The van der Waals surface area contributed by atoms with Gasteiger partial charge in [0.05, 0.1) is 5.56 Å². The van der Waals surface area contributed by atoms with Gasteiger partial charge in [-0.3, -0.25) is 4.79 Å². The zero-order chi connectivity index (χ0) is 16.9. The topological polar surface area (TPSA) is 105 Å². The summed E-state index contributed by atoms with van der Waals surface area (Å²) in [6.07, 6.45) is 2.62. The Bertz CT molecular complexity index is 579. The minimum absolute atomic E-state index is 0.0168. The van der Waals surface area contributed by atoms with Crippen LogP contribution < -0.4 is 5.32 Å². The van der Waals surface area contributed by atoms with E-state index < -0.39 is 23.5 Å². The molecule has 0 bridgehead atoms. The minimum Gasteiger partial charge on any atom is -0.623 e. The van der Waals surface area contributed by atoms with Crippen LogP contribution in [0.25, 0.3) is 0 Å². The molecule has 1 unspecified atom stereocenters. The molecule has 0 aliphatic rings. The molecule has 0 spiro atoms. The number of hydroxylamine groups is 1. The van der Waals surface area contributed by atoms with Crippen molar-refractivity contribution in [2.24, 2.45) is 0 Å². The van der Waals surface area contributed by atoms with Crippen LogP contribution in [0.3, 0.4) is 0 Å². The second-order valence-corrected chi connectivity index (χ2v) is 6.01. The summed E-state index contributed by atoms with van der Waals surface area (Å²) in [6, 6.07) is 1.92. The fourth-order valence-corrected chi connectivity index (χ4v) is 1.60. The third-order valence-electron chi connectivity index (χ3n) is 2.75. The smallest absolute Gasteiger partial charge is 0.327 e. The van der Waals surface area contributed by atoms with Crippen molar-refractivity contribution in [3.63, 3.8) is 0 Å². The van der Waals surface area contributed by atoms with Crippen LogP contribution in [-0.4, -0.2) is 50.3 Å². The highest BCUT2D eigenvalue weighted by atomic mass is 32.1. The van der Waals surface area contributed by atoms with E-state index in [4.69, 9.17) is 5.11 Å². The van der Waals surface area contributed by atoms with Gasteiger partial charge in [-0.25, -0.2) is 14.5 Å². The van der Waals surface area contributed by atoms with Gasteiger partial charge in [0.25, 0.3) is 5.91 Å². The van der Waals surface area contributed by atoms with E-state index in [1.54, 1.807) is 20.8 Å². The van der Waals surface area contributed by atoms with Crippen LogP contribution >= 0.6 is 12.6 Å².